The van der Waals surface area contributed by atoms with Crippen molar-refractivity contribution in [1.29, 1.82) is 0 Å². The summed E-state index contributed by atoms with van der Waals surface area (Å²) in [5, 5.41) is 1.67. The van der Waals surface area contributed by atoms with Gasteiger partial charge in [0.2, 0.25) is 5.37 Å². The highest BCUT2D eigenvalue weighted by molar-refractivity contribution is 8.02. The van der Waals surface area contributed by atoms with Crippen LogP contribution in [0.4, 0.5) is 18.9 Å². The first-order chi connectivity index (χ1) is 6.07. The van der Waals surface area contributed by atoms with Gasteiger partial charge in [-0.3, -0.25) is 0 Å². The Morgan fingerprint density at radius 1 is 1.15 bits per heavy atom. The van der Waals surface area contributed by atoms with Crippen molar-refractivity contribution in [1.82, 2.24) is 0 Å². The topological polar surface area (TPSA) is 12.0 Å². The van der Waals surface area contributed by atoms with Crippen LogP contribution >= 0.6 is 11.8 Å². The van der Waals surface area contributed by atoms with E-state index >= 15 is 0 Å². The molecular weight excluding hydrogens is 199 g/mol. The van der Waals surface area contributed by atoms with Crippen molar-refractivity contribution in [3.63, 3.8) is 0 Å². The molecule has 0 aromatic heterocycles. The van der Waals surface area contributed by atoms with Crippen molar-refractivity contribution in [3.05, 3.63) is 29.6 Å². The second-order valence-electron chi connectivity index (χ2n) is 2.55. The zero-order valence-electron chi connectivity index (χ0n) is 6.35. The van der Waals surface area contributed by atoms with E-state index in [1.165, 1.54) is 0 Å². The van der Waals surface area contributed by atoms with E-state index in [2.05, 4.69) is 5.32 Å². The molecule has 1 heterocycles. The van der Waals surface area contributed by atoms with E-state index in [9.17, 15) is 13.2 Å². The number of rotatable bonds is 0. The first kappa shape index (κ1) is 8.74. The molecule has 1 aromatic rings. The maximum Gasteiger partial charge on any atom is 0.424 e. The average molecular weight is 204 g/mol. The number of nitrogens with one attached hydrogen (secondary N) is 1. The molecule has 5 heteroatoms. The largest absolute Gasteiger partial charge is 0.424 e. The molecule has 1 aliphatic heterocycles. The second-order valence-corrected chi connectivity index (χ2v) is 3.60. The van der Waals surface area contributed by atoms with Gasteiger partial charge in [0.15, 0.2) is 0 Å². The summed E-state index contributed by atoms with van der Waals surface area (Å²) >= 11 is 0.724. The van der Waals surface area contributed by atoms with Gasteiger partial charge in [-0.2, -0.15) is 13.2 Å². The third-order valence-electron chi connectivity index (χ3n) is 1.60. The van der Waals surface area contributed by atoms with Gasteiger partial charge >= 0.3 is 6.18 Å². The molecule has 0 spiro atoms. The lowest BCUT2D eigenvalue weighted by Crippen LogP contribution is -2.21. The van der Waals surface area contributed by atoms with Crippen LogP contribution in [0.5, 0.6) is 0 Å². The molecule has 1 nitrogen and oxygen atoms in total. The van der Waals surface area contributed by atoms with Crippen molar-refractivity contribution in [3.8, 4) is 0 Å². The number of alkyl halides is 3. The lowest BCUT2D eigenvalue weighted by molar-refractivity contribution is -0.0989. The Morgan fingerprint density at radius 2 is 1.85 bits per heavy atom. The van der Waals surface area contributed by atoms with Crippen LogP contribution in [0.25, 0.3) is 0 Å². The number of hydrogen-bond donors (Lipinski definition) is 1. The van der Waals surface area contributed by atoms with E-state index in [0.29, 0.717) is 10.6 Å². The zero-order valence-corrected chi connectivity index (χ0v) is 7.17. The monoisotopic (exact) mass is 204 g/mol. The Hall–Kier alpha value is -0.840. The van der Waals surface area contributed by atoms with E-state index < -0.39 is 11.6 Å². The van der Waals surface area contributed by atoms with Crippen LogP contribution in [-0.4, -0.2) is 6.18 Å². The quantitative estimate of drug-likeness (QED) is 0.696. The van der Waals surface area contributed by atoms with E-state index in [-0.39, 0.29) is 0 Å². The van der Waals surface area contributed by atoms with Crippen LogP contribution in [0.1, 0.15) is 0 Å². The third kappa shape index (κ3) is 1.60. The van der Waals surface area contributed by atoms with Gasteiger partial charge in [0.05, 0.1) is 0 Å². The Labute approximate surface area is 77.3 Å². The predicted octanol–water partition coefficient (Wildman–Crippen LogP) is 3.26. The van der Waals surface area contributed by atoms with Gasteiger partial charge in [-0.15, -0.1) is 0 Å². The molecule has 1 N–H and O–H groups in total. The number of anilines is 1. The molecule has 2 rings (SSSR count). The smallest absolute Gasteiger partial charge is 0.359 e. The van der Waals surface area contributed by atoms with Crippen molar-refractivity contribution < 1.29 is 13.2 Å². The van der Waals surface area contributed by atoms with Gasteiger partial charge in [-0.25, -0.2) is 0 Å². The van der Waals surface area contributed by atoms with Crippen molar-refractivity contribution in [2.75, 3.05) is 5.32 Å². The van der Waals surface area contributed by atoms with E-state index in [1.807, 2.05) is 0 Å². The fraction of sp³-hybridized carbons (Fsp3) is 0.125. The molecule has 1 radical (unpaired) electrons. The van der Waals surface area contributed by atoms with Crippen LogP contribution in [0.2, 0.25) is 0 Å². The number of halogens is 3. The van der Waals surface area contributed by atoms with E-state index in [0.717, 1.165) is 11.8 Å². The molecule has 13 heavy (non-hydrogen) atoms. The van der Waals surface area contributed by atoms with Gasteiger partial charge in [-0.05, 0) is 12.1 Å². The minimum absolute atomic E-state index is 0.528. The summed E-state index contributed by atoms with van der Waals surface area (Å²) in [5.41, 5.74) is 0.528. The van der Waals surface area contributed by atoms with E-state index in [4.69, 9.17) is 0 Å². The molecule has 0 saturated heterocycles. The van der Waals surface area contributed by atoms with Crippen LogP contribution in [0.15, 0.2) is 29.2 Å². The molecular formula is C8H5F3NS. The number of hydrogen-bond acceptors (Lipinski definition) is 2. The summed E-state index contributed by atoms with van der Waals surface area (Å²) in [6, 6.07) is 6.70. The molecule has 69 valence electrons. The van der Waals surface area contributed by atoms with Gasteiger partial charge in [-0.1, -0.05) is 23.9 Å². The van der Waals surface area contributed by atoms with Gasteiger partial charge in [0.1, 0.15) is 0 Å². The highest BCUT2D eigenvalue weighted by Crippen LogP contribution is 2.49. The molecule has 0 amide bonds. The lowest BCUT2D eigenvalue weighted by atomic mass is 10.3. The second kappa shape index (κ2) is 2.83. The summed E-state index contributed by atoms with van der Waals surface area (Å²) in [7, 11) is 0. The van der Waals surface area contributed by atoms with Gasteiger partial charge in [0, 0.05) is 10.6 Å². The summed E-state index contributed by atoms with van der Waals surface area (Å²) in [4.78, 5) is 0.620. The summed E-state index contributed by atoms with van der Waals surface area (Å²) < 4.78 is 36.6. The lowest BCUT2D eigenvalue weighted by Gasteiger charge is -2.11. The predicted molar refractivity (Wildman–Crippen MR) is 45.2 cm³/mol. The number of fused-ring (bicyclic) bond motifs is 1. The number of thioether (sulfide) groups is 1. The Bertz CT molecular complexity index is 298. The maximum atomic E-state index is 12.2. The minimum atomic E-state index is -4.27. The minimum Gasteiger partial charge on any atom is -0.359 e. The molecule has 1 aliphatic rings. The van der Waals surface area contributed by atoms with Crippen molar-refractivity contribution in [2.24, 2.45) is 0 Å². The van der Waals surface area contributed by atoms with Crippen molar-refractivity contribution in [2.45, 2.75) is 11.1 Å². The SMILES string of the molecule is FC(F)(F)[C]1Nc2ccccc2S1. The molecule has 0 atom stereocenters. The molecule has 0 saturated carbocycles. The first-order valence-corrected chi connectivity index (χ1v) is 4.37. The third-order valence-corrected chi connectivity index (χ3v) is 2.72. The highest BCUT2D eigenvalue weighted by atomic mass is 32.2. The normalized spacial score (nSPS) is 16.8. The summed E-state index contributed by atoms with van der Waals surface area (Å²) in [6.45, 7) is 0. The summed E-state index contributed by atoms with van der Waals surface area (Å²) in [5.74, 6) is 0. The standard InChI is InChI=1S/C8H5F3NS/c9-8(10,11)7-12-5-3-1-2-4-6(5)13-7/h1-4,12H. The molecule has 0 unspecified atom stereocenters. The Kier molecular flexibility index (Phi) is 1.91. The molecule has 1 aromatic carbocycles. The van der Waals surface area contributed by atoms with Gasteiger partial charge in [0.25, 0.3) is 0 Å². The molecule has 0 fully saturated rings. The zero-order chi connectivity index (χ0) is 9.47. The Balaban J connectivity index is 2.23. The number of para-hydroxylation sites is 1. The Morgan fingerprint density at radius 3 is 2.46 bits per heavy atom. The van der Waals surface area contributed by atoms with Crippen LogP contribution in [0.3, 0.4) is 0 Å². The average Bonchev–Trinajstić information content (AvgIpc) is 2.45. The van der Waals surface area contributed by atoms with Gasteiger partial charge < -0.3 is 5.32 Å². The maximum absolute atomic E-state index is 12.2. The highest BCUT2D eigenvalue weighted by Gasteiger charge is 2.45. The van der Waals surface area contributed by atoms with Crippen molar-refractivity contribution >= 4 is 17.4 Å². The van der Waals surface area contributed by atoms with E-state index in [1.54, 1.807) is 24.3 Å². The fourth-order valence-electron chi connectivity index (χ4n) is 1.05. The first-order valence-electron chi connectivity index (χ1n) is 3.55. The van der Waals surface area contributed by atoms with Crippen LogP contribution < -0.4 is 5.32 Å². The van der Waals surface area contributed by atoms with Crippen LogP contribution in [-0.2, 0) is 0 Å². The van der Waals surface area contributed by atoms with Crippen LogP contribution in [0, 0.1) is 5.37 Å². The number of benzene rings is 1. The fourth-order valence-corrected chi connectivity index (χ4v) is 1.92. The molecule has 0 bridgehead atoms. The summed E-state index contributed by atoms with van der Waals surface area (Å²) in [6.07, 6.45) is -4.27. The molecule has 0 aliphatic carbocycles.